The van der Waals surface area contributed by atoms with Crippen molar-refractivity contribution >= 4 is 28.6 Å². The summed E-state index contributed by atoms with van der Waals surface area (Å²) in [4.78, 5) is 4.75. The first-order valence-electron chi connectivity index (χ1n) is 8.95. The van der Waals surface area contributed by atoms with Crippen LogP contribution in [0.5, 0.6) is 0 Å². The Balaban J connectivity index is 1.81. The van der Waals surface area contributed by atoms with Crippen molar-refractivity contribution in [1.82, 2.24) is 0 Å². The van der Waals surface area contributed by atoms with E-state index in [0.717, 1.165) is 33.7 Å². The van der Waals surface area contributed by atoms with E-state index in [0.29, 0.717) is 11.4 Å². The summed E-state index contributed by atoms with van der Waals surface area (Å²) in [6.45, 7) is 1.97. The first kappa shape index (κ1) is 17.7. The molecule has 134 valence electrons. The van der Waals surface area contributed by atoms with Crippen LogP contribution in [0.4, 0.5) is 5.69 Å². The van der Waals surface area contributed by atoms with Gasteiger partial charge in [-0.3, -0.25) is 4.99 Å². The van der Waals surface area contributed by atoms with Gasteiger partial charge in [0.2, 0.25) is 0 Å². The van der Waals surface area contributed by atoms with Crippen LogP contribution < -0.4 is 0 Å². The standard InChI is InChI=1S/C24H20ClNO/c1-17-12-13-20(15-23(17)25)26-21-14-22(18-8-4-2-5-9-18)24(27,16-21)19-10-6-3-7-11-19/h2-15,27H,16H2,1H3/t24-/m1/s1. The van der Waals surface area contributed by atoms with Gasteiger partial charge >= 0.3 is 0 Å². The Morgan fingerprint density at radius 3 is 2.26 bits per heavy atom. The van der Waals surface area contributed by atoms with E-state index < -0.39 is 5.60 Å². The van der Waals surface area contributed by atoms with E-state index in [2.05, 4.69) is 0 Å². The normalized spacial score (nSPS) is 20.7. The van der Waals surface area contributed by atoms with Crippen LogP contribution in [0.1, 0.15) is 23.1 Å². The van der Waals surface area contributed by atoms with Crippen LogP contribution >= 0.6 is 11.6 Å². The summed E-state index contributed by atoms with van der Waals surface area (Å²) < 4.78 is 0. The lowest BCUT2D eigenvalue weighted by Crippen LogP contribution is -2.25. The zero-order chi connectivity index (χ0) is 18.9. The highest BCUT2D eigenvalue weighted by atomic mass is 35.5. The van der Waals surface area contributed by atoms with Crippen LogP contribution in [0.15, 0.2) is 89.9 Å². The lowest BCUT2D eigenvalue weighted by Gasteiger charge is -2.27. The monoisotopic (exact) mass is 373 g/mol. The van der Waals surface area contributed by atoms with Crippen LogP contribution in [0.2, 0.25) is 5.02 Å². The smallest absolute Gasteiger partial charge is 0.121 e. The zero-order valence-electron chi connectivity index (χ0n) is 15.1. The number of allylic oxidation sites excluding steroid dienone is 1. The lowest BCUT2D eigenvalue weighted by molar-refractivity contribution is 0.113. The van der Waals surface area contributed by atoms with Crippen molar-refractivity contribution in [2.24, 2.45) is 4.99 Å². The molecule has 0 aromatic heterocycles. The molecular weight excluding hydrogens is 354 g/mol. The highest BCUT2D eigenvalue weighted by Crippen LogP contribution is 2.44. The molecule has 1 N–H and O–H groups in total. The minimum absolute atomic E-state index is 0.423. The first-order chi connectivity index (χ1) is 13.1. The van der Waals surface area contributed by atoms with Gasteiger partial charge in [0.15, 0.2) is 0 Å². The molecule has 0 saturated carbocycles. The third kappa shape index (κ3) is 3.46. The molecule has 1 aliphatic rings. The van der Waals surface area contributed by atoms with Gasteiger partial charge < -0.3 is 5.11 Å². The maximum atomic E-state index is 11.6. The van der Waals surface area contributed by atoms with E-state index in [9.17, 15) is 5.11 Å². The predicted molar refractivity (Wildman–Crippen MR) is 113 cm³/mol. The molecule has 0 saturated heterocycles. The molecule has 27 heavy (non-hydrogen) atoms. The number of halogens is 1. The molecule has 4 rings (SSSR count). The summed E-state index contributed by atoms with van der Waals surface area (Å²) in [5.74, 6) is 0. The maximum Gasteiger partial charge on any atom is 0.121 e. The molecule has 0 amide bonds. The molecule has 3 aromatic rings. The maximum absolute atomic E-state index is 11.6. The van der Waals surface area contributed by atoms with Crippen molar-refractivity contribution in [3.05, 3.63) is 107 Å². The van der Waals surface area contributed by atoms with Gasteiger partial charge in [0.05, 0.1) is 5.69 Å². The van der Waals surface area contributed by atoms with E-state index in [1.165, 1.54) is 0 Å². The second-order valence-electron chi connectivity index (χ2n) is 6.86. The van der Waals surface area contributed by atoms with Crippen LogP contribution in [0, 0.1) is 6.92 Å². The Morgan fingerprint density at radius 2 is 1.59 bits per heavy atom. The summed E-state index contributed by atoms with van der Waals surface area (Å²) in [7, 11) is 0. The molecule has 0 bridgehead atoms. The molecule has 0 spiro atoms. The van der Waals surface area contributed by atoms with Gasteiger partial charge in [0, 0.05) is 17.2 Å². The summed E-state index contributed by atoms with van der Waals surface area (Å²) in [6, 6.07) is 25.5. The fourth-order valence-corrected chi connectivity index (χ4v) is 3.67. The summed E-state index contributed by atoms with van der Waals surface area (Å²) in [6.07, 6.45) is 2.42. The average molecular weight is 374 g/mol. The molecule has 0 heterocycles. The summed E-state index contributed by atoms with van der Waals surface area (Å²) >= 11 is 6.24. The van der Waals surface area contributed by atoms with Crippen molar-refractivity contribution in [2.75, 3.05) is 0 Å². The van der Waals surface area contributed by atoms with Crippen LogP contribution in [-0.4, -0.2) is 10.8 Å². The molecule has 3 aromatic carbocycles. The Bertz CT molecular complexity index is 1020. The Morgan fingerprint density at radius 1 is 0.926 bits per heavy atom. The van der Waals surface area contributed by atoms with Crippen molar-refractivity contribution in [3.63, 3.8) is 0 Å². The van der Waals surface area contributed by atoms with Gasteiger partial charge in [-0.1, -0.05) is 78.3 Å². The number of aryl methyl sites for hydroxylation is 1. The van der Waals surface area contributed by atoms with Crippen LogP contribution in [0.3, 0.4) is 0 Å². The topological polar surface area (TPSA) is 32.6 Å². The van der Waals surface area contributed by atoms with Crippen molar-refractivity contribution in [2.45, 2.75) is 18.9 Å². The molecule has 0 unspecified atom stereocenters. The summed E-state index contributed by atoms with van der Waals surface area (Å²) in [5.41, 5.74) is 4.28. The van der Waals surface area contributed by atoms with Crippen LogP contribution in [-0.2, 0) is 5.60 Å². The second kappa shape index (κ2) is 7.15. The Labute approximate surface area is 164 Å². The van der Waals surface area contributed by atoms with E-state index >= 15 is 0 Å². The first-order valence-corrected chi connectivity index (χ1v) is 9.33. The molecule has 0 fully saturated rings. The van der Waals surface area contributed by atoms with Gasteiger partial charge in [-0.15, -0.1) is 0 Å². The highest BCUT2D eigenvalue weighted by Gasteiger charge is 2.40. The van der Waals surface area contributed by atoms with E-state index in [-0.39, 0.29) is 0 Å². The number of nitrogens with zero attached hydrogens (tertiary/aromatic N) is 1. The molecule has 0 aliphatic heterocycles. The van der Waals surface area contributed by atoms with E-state index in [4.69, 9.17) is 16.6 Å². The van der Waals surface area contributed by atoms with Gasteiger partial charge in [0.1, 0.15) is 5.60 Å². The molecular formula is C24H20ClNO. The average Bonchev–Trinajstić information content (AvgIpc) is 3.03. The molecule has 3 heteroatoms. The predicted octanol–water partition coefficient (Wildman–Crippen LogP) is 6.10. The number of hydrogen-bond acceptors (Lipinski definition) is 2. The van der Waals surface area contributed by atoms with Gasteiger partial charge in [-0.05, 0) is 47.4 Å². The third-order valence-electron chi connectivity index (χ3n) is 4.96. The van der Waals surface area contributed by atoms with Gasteiger partial charge in [-0.2, -0.15) is 0 Å². The van der Waals surface area contributed by atoms with Crippen molar-refractivity contribution in [3.8, 4) is 0 Å². The minimum atomic E-state index is -1.10. The number of hydrogen-bond donors (Lipinski definition) is 1. The fraction of sp³-hybridized carbons (Fsp3) is 0.125. The lowest BCUT2D eigenvalue weighted by atomic mass is 9.84. The van der Waals surface area contributed by atoms with Crippen molar-refractivity contribution < 1.29 is 5.11 Å². The van der Waals surface area contributed by atoms with Crippen LogP contribution in [0.25, 0.3) is 5.57 Å². The largest absolute Gasteiger partial charge is 0.380 e. The number of aliphatic hydroxyl groups is 1. The molecule has 1 aliphatic carbocycles. The Hall–Kier alpha value is -2.68. The summed E-state index contributed by atoms with van der Waals surface area (Å²) in [5, 5.41) is 12.3. The van der Waals surface area contributed by atoms with Gasteiger partial charge in [-0.25, -0.2) is 0 Å². The zero-order valence-corrected chi connectivity index (χ0v) is 15.8. The third-order valence-corrected chi connectivity index (χ3v) is 5.36. The molecule has 0 radical (unpaired) electrons. The van der Waals surface area contributed by atoms with Gasteiger partial charge in [0.25, 0.3) is 0 Å². The van der Waals surface area contributed by atoms with E-state index in [1.807, 2.05) is 91.9 Å². The second-order valence-corrected chi connectivity index (χ2v) is 7.27. The van der Waals surface area contributed by atoms with E-state index in [1.54, 1.807) is 0 Å². The Kier molecular flexibility index (Phi) is 4.69. The fourth-order valence-electron chi connectivity index (χ4n) is 3.49. The minimum Gasteiger partial charge on any atom is -0.380 e. The number of benzene rings is 3. The number of aliphatic imine (C=N–C) groups is 1. The highest BCUT2D eigenvalue weighted by molar-refractivity contribution is 6.31. The SMILES string of the molecule is Cc1ccc(N=C2C=C(c3ccccc3)[C@](O)(c3ccccc3)C2)cc1Cl. The number of rotatable bonds is 3. The molecule has 1 atom stereocenters. The van der Waals surface area contributed by atoms with Crippen molar-refractivity contribution in [1.29, 1.82) is 0 Å². The molecule has 2 nitrogen and oxygen atoms in total. The quantitative estimate of drug-likeness (QED) is 0.591.